The van der Waals surface area contributed by atoms with Crippen LogP contribution >= 0.6 is 0 Å². The van der Waals surface area contributed by atoms with Crippen LogP contribution in [-0.4, -0.2) is 51.2 Å². The minimum absolute atomic E-state index is 0.0501. The van der Waals surface area contributed by atoms with Crippen LogP contribution in [0.1, 0.15) is 105 Å². The molecule has 0 spiro atoms. The highest BCUT2D eigenvalue weighted by Gasteiger charge is 2.44. The van der Waals surface area contributed by atoms with Gasteiger partial charge in [-0.15, -0.1) is 0 Å². The van der Waals surface area contributed by atoms with Gasteiger partial charge in [-0.2, -0.15) is 26.3 Å². The molecule has 1 aliphatic heterocycles. The van der Waals surface area contributed by atoms with Gasteiger partial charge in [-0.3, -0.25) is 14.7 Å². The number of hydrogen-bond donors (Lipinski definition) is 1. The lowest BCUT2D eigenvalue weighted by molar-refractivity contribution is -0.143. The molecule has 1 saturated heterocycles. The highest BCUT2D eigenvalue weighted by molar-refractivity contribution is 5.71. The minimum atomic E-state index is -5.03. The number of aromatic nitrogens is 2. The van der Waals surface area contributed by atoms with Gasteiger partial charge >= 0.3 is 24.4 Å². The Kier molecular flexibility index (Phi) is 9.74. The van der Waals surface area contributed by atoms with Crippen molar-refractivity contribution in [3.63, 3.8) is 0 Å². The van der Waals surface area contributed by atoms with Crippen LogP contribution in [0, 0.1) is 11.8 Å². The van der Waals surface area contributed by atoms with Crippen LogP contribution in [0.2, 0.25) is 0 Å². The topological polar surface area (TPSA) is 95.9 Å². The number of carboxylic acids is 1. The predicted molar refractivity (Wildman–Crippen MR) is 155 cm³/mol. The first-order valence-corrected chi connectivity index (χ1v) is 15.7. The van der Waals surface area contributed by atoms with Crippen molar-refractivity contribution < 1.29 is 45.8 Å². The van der Waals surface area contributed by atoms with E-state index in [9.17, 15) is 35.9 Å². The van der Waals surface area contributed by atoms with E-state index in [1.165, 1.54) is 11.8 Å². The summed E-state index contributed by atoms with van der Waals surface area (Å²) in [4.78, 5) is 37.3. The summed E-state index contributed by atoms with van der Waals surface area (Å²) in [7, 11) is 0. The first-order chi connectivity index (χ1) is 21.6. The van der Waals surface area contributed by atoms with E-state index < -0.39 is 53.3 Å². The predicted octanol–water partition coefficient (Wildman–Crippen LogP) is 7.97. The third-order valence-electron chi connectivity index (χ3n) is 9.60. The molecule has 3 aliphatic rings. The zero-order valence-corrected chi connectivity index (χ0v) is 25.7. The number of hydrogen-bond acceptors (Lipinski definition) is 6. The lowest BCUT2D eigenvalue weighted by Crippen LogP contribution is -2.36. The van der Waals surface area contributed by atoms with E-state index >= 15 is 0 Å². The first kappa shape index (κ1) is 33.8. The number of carbonyl (C=O) groups is 2. The van der Waals surface area contributed by atoms with Gasteiger partial charge in [-0.1, -0.05) is 6.42 Å². The van der Waals surface area contributed by atoms with E-state index in [1.807, 2.05) is 6.92 Å². The van der Waals surface area contributed by atoms with Crippen molar-refractivity contribution in [3.05, 3.63) is 52.5 Å². The molecule has 1 aromatic heterocycles. The molecule has 2 atom stereocenters. The molecule has 252 valence electrons. The lowest BCUT2D eigenvalue weighted by atomic mass is 9.80. The molecule has 8 nitrogen and oxygen atoms in total. The summed E-state index contributed by atoms with van der Waals surface area (Å²) in [6.45, 7) is 4.63. The average molecular weight is 657 g/mol. The second-order valence-electron chi connectivity index (χ2n) is 12.7. The molecule has 2 heterocycles. The van der Waals surface area contributed by atoms with E-state index in [2.05, 4.69) is 4.90 Å². The maximum atomic E-state index is 13.6. The summed E-state index contributed by atoms with van der Waals surface area (Å²) >= 11 is 0. The molecule has 1 N–H and O–H groups in total. The summed E-state index contributed by atoms with van der Waals surface area (Å²) in [6, 6.07) is 0.340. The smallest absolute Gasteiger partial charge is 0.416 e. The summed E-state index contributed by atoms with van der Waals surface area (Å²) < 4.78 is 86.8. The number of alkyl halides is 6. The Morgan fingerprint density at radius 2 is 1.61 bits per heavy atom. The van der Waals surface area contributed by atoms with E-state index in [0.29, 0.717) is 42.7 Å². The standard InChI is InChI=1S/C32H38F6N4O4/c1-3-41(16-20-9-7-19(8-10-20)11-27(43)44)29-26(40-25(15-39-29)21-5-4-6-21)17-42-18(2)28(46-30(42)45)22-12-23(31(33,34)35)14-24(13-22)32(36,37)38/h12-15,18-21,28H,3-11,16-17H2,1-2H3,(H,43,44)/t18-,19?,20?,28?/m0/s1. The number of cyclic esters (lactones) is 1. The highest BCUT2D eigenvalue weighted by atomic mass is 19.4. The van der Waals surface area contributed by atoms with Gasteiger partial charge in [0, 0.05) is 25.4 Å². The number of amides is 1. The molecule has 14 heteroatoms. The third kappa shape index (κ3) is 7.52. The van der Waals surface area contributed by atoms with Gasteiger partial charge < -0.3 is 14.7 Å². The number of nitrogens with zero attached hydrogens (tertiary/aromatic N) is 4. The van der Waals surface area contributed by atoms with Crippen LogP contribution < -0.4 is 4.90 Å². The fourth-order valence-electron chi connectivity index (χ4n) is 6.71. The zero-order valence-electron chi connectivity index (χ0n) is 25.7. The van der Waals surface area contributed by atoms with E-state index in [1.54, 1.807) is 6.20 Å². The maximum absolute atomic E-state index is 13.6. The number of ether oxygens (including phenoxy) is 1. The Morgan fingerprint density at radius 3 is 2.13 bits per heavy atom. The van der Waals surface area contributed by atoms with E-state index in [-0.39, 0.29) is 30.9 Å². The van der Waals surface area contributed by atoms with Crippen LogP contribution in [0.15, 0.2) is 24.4 Å². The second kappa shape index (κ2) is 13.3. The fraction of sp³-hybridized carbons (Fsp3) is 0.625. The van der Waals surface area contributed by atoms with Crippen molar-refractivity contribution in [2.45, 2.75) is 102 Å². The normalized spacial score (nSPS) is 24.1. The molecule has 1 unspecified atom stereocenters. The molecule has 1 aromatic carbocycles. The average Bonchev–Trinajstić information content (AvgIpc) is 3.23. The fourth-order valence-corrected chi connectivity index (χ4v) is 6.71. The van der Waals surface area contributed by atoms with Crippen LogP contribution in [0.4, 0.5) is 37.0 Å². The van der Waals surface area contributed by atoms with Crippen molar-refractivity contribution in [1.82, 2.24) is 14.9 Å². The molecule has 2 aromatic rings. The van der Waals surface area contributed by atoms with Gasteiger partial charge in [0.2, 0.25) is 0 Å². The summed E-state index contributed by atoms with van der Waals surface area (Å²) in [6.07, 6.45) is -4.08. The maximum Gasteiger partial charge on any atom is 0.416 e. The number of carboxylic acid groups (broad SMARTS) is 1. The first-order valence-electron chi connectivity index (χ1n) is 15.7. The lowest BCUT2D eigenvalue weighted by Gasteiger charge is -2.34. The van der Waals surface area contributed by atoms with Crippen molar-refractivity contribution in [2.24, 2.45) is 11.8 Å². The SMILES string of the molecule is CCN(CC1CCC(CC(=O)O)CC1)c1ncc(C2CCC2)nc1CN1C(=O)OC(c2cc(C(F)(F)F)cc(C(F)(F)F)c2)[C@@H]1C. The minimum Gasteiger partial charge on any atom is -0.481 e. The van der Waals surface area contributed by atoms with E-state index in [4.69, 9.17) is 19.8 Å². The van der Waals surface area contributed by atoms with Crippen LogP contribution in [-0.2, 0) is 28.4 Å². The van der Waals surface area contributed by atoms with E-state index in [0.717, 1.165) is 50.6 Å². The largest absolute Gasteiger partial charge is 0.481 e. The van der Waals surface area contributed by atoms with Gasteiger partial charge in [-0.25, -0.2) is 9.78 Å². The highest BCUT2D eigenvalue weighted by Crippen LogP contribution is 2.42. The summed E-state index contributed by atoms with van der Waals surface area (Å²) in [5, 5.41) is 9.15. The molecule has 0 bridgehead atoms. The van der Waals surface area contributed by atoms with Gasteiger partial charge in [-0.05, 0) is 88.0 Å². The van der Waals surface area contributed by atoms with Gasteiger partial charge in [0.15, 0.2) is 5.82 Å². The Hall–Kier alpha value is -3.58. The van der Waals surface area contributed by atoms with Gasteiger partial charge in [0.05, 0.1) is 35.6 Å². The monoisotopic (exact) mass is 656 g/mol. The molecule has 5 rings (SSSR count). The van der Waals surface area contributed by atoms with Crippen LogP contribution in [0.3, 0.4) is 0 Å². The van der Waals surface area contributed by atoms with Gasteiger partial charge in [0.1, 0.15) is 11.8 Å². The zero-order chi connectivity index (χ0) is 33.4. The number of carbonyl (C=O) groups excluding carboxylic acids is 1. The van der Waals surface area contributed by atoms with Crippen molar-refractivity contribution in [1.29, 1.82) is 0 Å². The number of rotatable bonds is 10. The quantitative estimate of drug-likeness (QED) is 0.259. The van der Waals surface area contributed by atoms with Gasteiger partial charge in [0.25, 0.3) is 0 Å². The molecule has 1 amide bonds. The van der Waals surface area contributed by atoms with Crippen molar-refractivity contribution in [3.8, 4) is 0 Å². The molecule has 2 aliphatic carbocycles. The summed E-state index contributed by atoms with van der Waals surface area (Å²) in [5.41, 5.74) is -2.09. The molecule has 46 heavy (non-hydrogen) atoms. The van der Waals surface area contributed by atoms with Crippen LogP contribution in [0.5, 0.6) is 0 Å². The second-order valence-corrected chi connectivity index (χ2v) is 12.7. The Balaban J connectivity index is 1.40. The molecular weight excluding hydrogens is 618 g/mol. The number of aliphatic carboxylic acids is 1. The number of halogens is 6. The molecule has 0 radical (unpaired) electrons. The molecular formula is C32H38F6N4O4. The molecule has 2 saturated carbocycles. The van der Waals surface area contributed by atoms with Crippen molar-refractivity contribution >= 4 is 17.9 Å². The Bertz CT molecular complexity index is 1390. The summed E-state index contributed by atoms with van der Waals surface area (Å²) in [5.74, 6) is 0.438. The Labute approximate surface area is 263 Å². The Morgan fingerprint density at radius 1 is 1.00 bits per heavy atom. The third-order valence-corrected chi connectivity index (χ3v) is 9.60. The van der Waals surface area contributed by atoms with Crippen LogP contribution in [0.25, 0.3) is 0 Å². The number of benzene rings is 1. The number of anilines is 1. The van der Waals surface area contributed by atoms with Crippen molar-refractivity contribution in [2.75, 3.05) is 18.0 Å². The molecule has 3 fully saturated rings.